The number of aromatic nitrogens is 3. The molecule has 31 heavy (non-hydrogen) atoms. The van der Waals surface area contributed by atoms with Crippen LogP contribution in [-0.4, -0.2) is 46.7 Å². The van der Waals surface area contributed by atoms with Gasteiger partial charge in [0, 0.05) is 18.2 Å². The Bertz CT molecular complexity index is 1130. The molecule has 3 aromatic rings. The Labute approximate surface area is 190 Å². The van der Waals surface area contributed by atoms with Gasteiger partial charge in [-0.05, 0) is 55.6 Å². The van der Waals surface area contributed by atoms with Gasteiger partial charge in [0.2, 0.25) is 5.28 Å². The van der Waals surface area contributed by atoms with Crippen molar-refractivity contribution in [3.05, 3.63) is 46.5 Å². The van der Waals surface area contributed by atoms with Crippen molar-refractivity contribution in [3.63, 3.8) is 0 Å². The molecule has 164 valence electrons. The predicted molar refractivity (Wildman–Crippen MR) is 117 cm³/mol. The van der Waals surface area contributed by atoms with Crippen LogP contribution >= 0.6 is 23.2 Å². The van der Waals surface area contributed by atoms with Gasteiger partial charge in [0.1, 0.15) is 28.4 Å². The fourth-order valence-corrected chi connectivity index (χ4v) is 5.27. The molecule has 2 aliphatic rings. The average molecular weight is 464 g/mol. The van der Waals surface area contributed by atoms with Crippen LogP contribution in [0.15, 0.2) is 30.5 Å². The Kier molecular flexibility index (Phi) is 5.05. The Morgan fingerprint density at radius 3 is 2.39 bits per heavy atom. The zero-order valence-corrected chi connectivity index (χ0v) is 19.1. The van der Waals surface area contributed by atoms with Gasteiger partial charge in [0.15, 0.2) is 5.79 Å². The second-order valence-corrected chi connectivity index (χ2v) is 9.06. The number of hydrogen-bond donors (Lipinski definition) is 0. The molecule has 1 saturated carbocycles. The summed E-state index contributed by atoms with van der Waals surface area (Å²) < 4.78 is 25.8. The van der Waals surface area contributed by atoms with Crippen LogP contribution in [-0.2, 0) is 9.47 Å². The average Bonchev–Trinajstić information content (AvgIpc) is 3.38. The van der Waals surface area contributed by atoms with Crippen molar-refractivity contribution in [1.82, 2.24) is 14.5 Å². The normalized spacial score (nSPS) is 26.9. The first-order valence-corrected chi connectivity index (χ1v) is 10.8. The summed E-state index contributed by atoms with van der Waals surface area (Å²) in [6.45, 7) is 3.88. The van der Waals surface area contributed by atoms with Crippen LogP contribution in [0.5, 0.6) is 11.5 Å². The highest BCUT2D eigenvalue weighted by Gasteiger charge is 2.55. The van der Waals surface area contributed by atoms with Crippen LogP contribution < -0.4 is 9.47 Å². The zero-order valence-electron chi connectivity index (χ0n) is 17.6. The van der Waals surface area contributed by atoms with Crippen LogP contribution in [0.2, 0.25) is 10.4 Å². The van der Waals surface area contributed by atoms with Crippen molar-refractivity contribution in [2.24, 2.45) is 0 Å². The van der Waals surface area contributed by atoms with Crippen molar-refractivity contribution in [2.45, 2.75) is 50.2 Å². The summed E-state index contributed by atoms with van der Waals surface area (Å²) in [4.78, 5) is 8.50. The van der Waals surface area contributed by atoms with E-state index in [2.05, 4.69) is 14.5 Å². The minimum atomic E-state index is -0.692. The molecule has 4 atom stereocenters. The van der Waals surface area contributed by atoms with Crippen molar-refractivity contribution in [1.29, 1.82) is 0 Å². The highest BCUT2D eigenvalue weighted by atomic mass is 35.5. The van der Waals surface area contributed by atoms with Crippen molar-refractivity contribution in [3.8, 4) is 11.5 Å². The Morgan fingerprint density at radius 2 is 1.71 bits per heavy atom. The van der Waals surface area contributed by atoms with E-state index in [0.29, 0.717) is 10.8 Å². The second kappa shape index (κ2) is 7.52. The molecule has 9 heteroatoms. The van der Waals surface area contributed by atoms with Gasteiger partial charge in [-0.1, -0.05) is 11.6 Å². The maximum absolute atomic E-state index is 6.37. The van der Waals surface area contributed by atoms with E-state index in [4.69, 9.17) is 42.1 Å². The first kappa shape index (κ1) is 20.8. The van der Waals surface area contributed by atoms with Crippen LogP contribution in [0.3, 0.4) is 0 Å². The van der Waals surface area contributed by atoms with E-state index in [9.17, 15) is 0 Å². The van der Waals surface area contributed by atoms with Gasteiger partial charge >= 0.3 is 0 Å². The SMILES string of the molecule is COc1cc(OC)cc([C@H]2C[C@@H](n3ccc4c(Cl)nc(Cl)nc43)[C@@H]3OC(C)(C)O[C@@H]32)c1. The number of nitrogens with zero attached hydrogens (tertiary/aromatic N) is 3. The molecule has 3 heterocycles. The smallest absolute Gasteiger partial charge is 0.225 e. The minimum Gasteiger partial charge on any atom is -0.497 e. The molecular weight excluding hydrogens is 441 g/mol. The van der Waals surface area contributed by atoms with Gasteiger partial charge in [-0.15, -0.1) is 0 Å². The van der Waals surface area contributed by atoms with Gasteiger partial charge < -0.3 is 23.5 Å². The molecule has 1 aliphatic carbocycles. The third kappa shape index (κ3) is 3.53. The molecule has 1 aromatic carbocycles. The van der Waals surface area contributed by atoms with Gasteiger partial charge in [0.05, 0.1) is 31.8 Å². The lowest BCUT2D eigenvalue weighted by Gasteiger charge is -2.25. The fraction of sp³-hybridized carbons (Fsp3) is 0.455. The first-order valence-electron chi connectivity index (χ1n) is 10.1. The predicted octanol–water partition coefficient (Wildman–Crippen LogP) is 5.00. The summed E-state index contributed by atoms with van der Waals surface area (Å²) in [7, 11) is 3.30. The zero-order chi connectivity index (χ0) is 21.9. The number of methoxy groups -OCH3 is 2. The van der Waals surface area contributed by atoms with Gasteiger partial charge in [-0.2, -0.15) is 4.98 Å². The molecule has 1 aliphatic heterocycles. The van der Waals surface area contributed by atoms with Crippen LogP contribution in [0.4, 0.5) is 0 Å². The summed E-state index contributed by atoms with van der Waals surface area (Å²) in [5.74, 6) is 0.865. The molecule has 0 spiro atoms. The largest absolute Gasteiger partial charge is 0.497 e. The lowest BCUT2D eigenvalue weighted by molar-refractivity contribution is -0.157. The Hall–Kier alpha value is -2.06. The van der Waals surface area contributed by atoms with Crippen molar-refractivity contribution >= 4 is 34.2 Å². The highest BCUT2D eigenvalue weighted by Crippen LogP contribution is 2.52. The maximum Gasteiger partial charge on any atom is 0.225 e. The van der Waals surface area contributed by atoms with Crippen LogP contribution in [0.25, 0.3) is 11.0 Å². The molecule has 1 saturated heterocycles. The van der Waals surface area contributed by atoms with Crippen LogP contribution in [0, 0.1) is 0 Å². The fourth-order valence-electron chi connectivity index (χ4n) is 4.83. The second-order valence-electron chi connectivity index (χ2n) is 8.36. The lowest BCUT2D eigenvalue weighted by atomic mass is 9.94. The first-order chi connectivity index (χ1) is 14.8. The molecule has 2 aromatic heterocycles. The Morgan fingerprint density at radius 1 is 1.03 bits per heavy atom. The molecule has 0 N–H and O–H groups in total. The number of rotatable bonds is 4. The number of ether oxygens (including phenoxy) is 4. The van der Waals surface area contributed by atoms with E-state index in [1.807, 2.05) is 44.3 Å². The van der Waals surface area contributed by atoms with E-state index in [0.717, 1.165) is 28.9 Å². The van der Waals surface area contributed by atoms with Crippen molar-refractivity contribution < 1.29 is 18.9 Å². The van der Waals surface area contributed by atoms with E-state index in [1.165, 1.54) is 0 Å². The molecule has 2 fully saturated rings. The summed E-state index contributed by atoms with van der Waals surface area (Å²) >= 11 is 12.4. The number of benzene rings is 1. The van der Waals surface area contributed by atoms with E-state index < -0.39 is 5.79 Å². The number of halogens is 2. The molecular formula is C22H23Cl2N3O4. The van der Waals surface area contributed by atoms with E-state index >= 15 is 0 Å². The Balaban J connectivity index is 1.60. The van der Waals surface area contributed by atoms with Gasteiger partial charge in [-0.3, -0.25) is 0 Å². The number of fused-ring (bicyclic) bond motifs is 2. The minimum absolute atomic E-state index is 0.0199. The van der Waals surface area contributed by atoms with Gasteiger partial charge in [-0.25, -0.2) is 4.98 Å². The summed E-state index contributed by atoms with van der Waals surface area (Å²) in [5.41, 5.74) is 1.77. The highest BCUT2D eigenvalue weighted by molar-refractivity contribution is 6.35. The van der Waals surface area contributed by atoms with Gasteiger partial charge in [0.25, 0.3) is 0 Å². The third-order valence-electron chi connectivity index (χ3n) is 6.09. The van der Waals surface area contributed by atoms with E-state index in [1.54, 1.807) is 14.2 Å². The third-order valence-corrected chi connectivity index (χ3v) is 6.55. The molecule has 5 rings (SSSR count). The summed E-state index contributed by atoms with van der Waals surface area (Å²) in [6, 6.07) is 7.82. The number of hydrogen-bond acceptors (Lipinski definition) is 6. The van der Waals surface area contributed by atoms with Crippen molar-refractivity contribution in [2.75, 3.05) is 14.2 Å². The molecule has 0 radical (unpaired) electrons. The topological polar surface area (TPSA) is 67.6 Å². The van der Waals surface area contributed by atoms with E-state index in [-0.39, 0.29) is 29.5 Å². The quantitative estimate of drug-likeness (QED) is 0.400. The maximum atomic E-state index is 6.37. The van der Waals surface area contributed by atoms with Crippen LogP contribution in [0.1, 0.15) is 37.8 Å². The summed E-state index contributed by atoms with van der Waals surface area (Å²) in [5, 5.41) is 1.21. The lowest BCUT2D eigenvalue weighted by Crippen LogP contribution is -2.27. The molecule has 0 unspecified atom stereocenters. The molecule has 0 amide bonds. The summed E-state index contributed by atoms with van der Waals surface area (Å²) in [6.07, 6.45) is 2.44. The molecule has 0 bridgehead atoms. The standard InChI is InChI=1S/C22H23Cl2N3O4/c1-22(2)30-17-15(11-7-12(28-3)9-13(8-11)29-4)10-16(18(17)31-22)27-6-5-14-19(23)25-21(24)26-20(14)27/h5-9,15-18H,10H2,1-4H3/t15-,16-,17-,18+/m1/s1. The molecule has 7 nitrogen and oxygen atoms in total. The monoisotopic (exact) mass is 463 g/mol.